The number of aromatic nitrogens is 1. The first kappa shape index (κ1) is 14.8. The first-order chi connectivity index (χ1) is 10.1. The minimum absolute atomic E-state index is 0.0415. The van der Waals surface area contributed by atoms with E-state index >= 15 is 0 Å². The number of ether oxygens (including phenoxy) is 1. The van der Waals surface area contributed by atoms with Crippen molar-refractivity contribution in [2.24, 2.45) is 0 Å². The number of hydrogen-bond acceptors (Lipinski definition) is 4. The van der Waals surface area contributed by atoms with Gasteiger partial charge >= 0.3 is 0 Å². The van der Waals surface area contributed by atoms with Gasteiger partial charge < -0.3 is 15.4 Å². The summed E-state index contributed by atoms with van der Waals surface area (Å²) >= 11 is 0. The Balaban J connectivity index is 1.95. The Bertz CT molecular complexity index is 601. The summed E-state index contributed by atoms with van der Waals surface area (Å²) in [6.45, 7) is 1.92. The van der Waals surface area contributed by atoms with Crippen molar-refractivity contribution in [3.8, 4) is 5.75 Å². The summed E-state index contributed by atoms with van der Waals surface area (Å²) in [6.07, 6.45) is 3.43. The average molecular weight is 285 g/mol. The van der Waals surface area contributed by atoms with Gasteiger partial charge in [-0.3, -0.25) is 9.78 Å². The lowest BCUT2D eigenvalue weighted by Crippen LogP contribution is -2.33. The predicted molar refractivity (Wildman–Crippen MR) is 81.8 cm³/mol. The predicted octanol–water partition coefficient (Wildman–Crippen LogP) is 2.26. The number of pyridine rings is 1. The van der Waals surface area contributed by atoms with Crippen molar-refractivity contribution in [1.29, 1.82) is 0 Å². The summed E-state index contributed by atoms with van der Waals surface area (Å²) in [6, 6.07) is 10.9. The van der Waals surface area contributed by atoms with Crippen LogP contribution in [0.5, 0.6) is 5.75 Å². The molecule has 0 bridgehead atoms. The Hall–Kier alpha value is -2.56. The topological polar surface area (TPSA) is 68.5 Å². The number of rotatable bonds is 5. The number of carbonyl (C=O) groups is 1. The van der Waals surface area contributed by atoms with E-state index in [1.807, 2.05) is 31.2 Å². The van der Waals surface area contributed by atoms with E-state index in [0.717, 1.165) is 5.56 Å². The Morgan fingerprint density at radius 3 is 2.62 bits per heavy atom. The molecule has 1 amide bonds. The number of anilines is 1. The van der Waals surface area contributed by atoms with Gasteiger partial charge in [-0.2, -0.15) is 0 Å². The minimum Gasteiger partial charge on any atom is -0.482 e. The van der Waals surface area contributed by atoms with Crippen LogP contribution in [0.4, 0.5) is 5.69 Å². The van der Waals surface area contributed by atoms with E-state index in [9.17, 15) is 4.79 Å². The summed E-state index contributed by atoms with van der Waals surface area (Å²) in [4.78, 5) is 17.8. The fourth-order valence-corrected chi connectivity index (χ4v) is 1.93. The quantitative estimate of drug-likeness (QED) is 0.856. The second-order valence-corrected chi connectivity index (χ2v) is 4.79. The summed E-state index contributed by atoms with van der Waals surface area (Å²) in [5.41, 5.74) is 7.33. The number of nitrogen functional groups attached to an aromatic ring is 1. The van der Waals surface area contributed by atoms with Crippen LogP contribution in [0.25, 0.3) is 0 Å². The van der Waals surface area contributed by atoms with Gasteiger partial charge in [0.2, 0.25) is 0 Å². The van der Waals surface area contributed by atoms with Crippen LogP contribution in [0.1, 0.15) is 18.5 Å². The van der Waals surface area contributed by atoms with Crippen LogP contribution in [-0.2, 0) is 4.79 Å². The van der Waals surface area contributed by atoms with E-state index < -0.39 is 0 Å². The van der Waals surface area contributed by atoms with Crippen molar-refractivity contribution >= 4 is 11.6 Å². The van der Waals surface area contributed by atoms with Crippen molar-refractivity contribution in [2.75, 3.05) is 19.4 Å². The largest absolute Gasteiger partial charge is 0.482 e. The molecule has 110 valence electrons. The Kier molecular flexibility index (Phi) is 4.77. The summed E-state index contributed by atoms with van der Waals surface area (Å²) < 4.78 is 5.48. The highest BCUT2D eigenvalue weighted by atomic mass is 16.5. The number of likely N-dealkylation sites (N-methyl/N-ethyl adjacent to an activating group) is 1. The SMILES string of the molecule is CC(c1ccncc1)N(C)C(=O)COc1ccccc1N. The number of para-hydroxylation sites is 2. The number of amides is 1. The summed E-state index contributed by atoms with van der Waals surface area (Å²) in [7, 11) is 1.76. The molecule has 0 fully saturated rings. The molecule has 2 aromatic rings. The van der Waals surface area contributed by atoms with Crippen LogP contribution in [0.3, 0.4) is 0 Å². The molecule has 0 saturated carbocycles. The maximum Gasteiger partial charge on any atom is 0.260 e. The lowest BCUT2D eigenvalue weighted by Gasteiger charge is -2.25. The molecule has 21 heavy (non-hydrogen) atoms. The van der Waals surface area contributed by atoms with Crippen LogP contribution in [0.2, 0.25) is 0 Å². The molecule has 0 radical (unpaired) electrons. The zero-order valence-electron chi connectivity index (χ0n) is 12.2. The molecule has 1 unspecified atom stereocenters. The molecule has 0 spiro atoms. The molecule has 1 aromatic carbocycles. The van der Waals surface area contributed by atoms with Gasteiger partial charge in [0, 0.05) is 19.4 Å². The van der Waals surface area contributed by atoms with Crippen LogP contribution in [0, 0.1) is 0 Å². The Morgan fingerprint density at radius 2 is 1.95 bits per heavy atom. The zero-order valence-corrected chi connectivity index (χ0v) is 12.2. The first-order valence-corrected chi connectivity index (χ1v) is 6.72. The number of carbonyl (C=O) groups excluding carboxylic acids is 1. The molecule has 2 rings (SSSR count). The first-order valence-electron chi connectivity index (χ1n) is 6.72. The fraction of sp³-hybridized carbons (Fsp3) is 0.250. The number of nitrogens with zero attached hydrogens (tertiary/aromatic N) is 2. The van der Waals surface area contributed by atoms with Gasteiger partial charge in [0.1, 0.15) is 5.75 Å². The molecule has 5 nitrogen and oxygen atoms in total. The average Bonchev–Trinajstić information content (AvgIpc) is 2.53. The summed E-state index contributed by atoms with van der Waals surface area (Å²) in [5, 5.41) is 0. The second-order valence-electron chi connectivity index (χ2n) is 4.79. The van der Waals surface area contributed by atoms with E-state index in [1.54, 1.807) is 36.5 Å². The van der Waals surface area contributed by atoms with Crippen LogP contribution in [0.15, 0.2) is 48.8 Å². The van der Waals surface area contributed by atoms with E-state index in [2.05, 4.69) is 4.98 Å². The van der Waals surface area contributed by atoms with Gasteiger partial charge in [0.15, 0.2) is 6.61 Å². The molecule has 5 heteroatoms. The zero-order chi connectivity index (χ0) is 15.2. The highest BCUT2D eigenvalue weighted by Gasteiger charge is 2.18. The molecule has 0 aliphatic carbocycles. The van der Waals surface area contributed by atoms with E-state index in [4.69, 9.17) is 10.5 Å². The van der Waals surface area contributed by atoms with Gasteiger partial charge in [-0.05, 0) is 36.8 Å². The van der Waals surface area contributed by atoms with Gasteiger partial charge in [-0.1, -0.05) is 12.1 Å². The molecule has 0 aliphatic rings. The van der Waals surface area contributed by atoms with Crippen molar-refractivity contribution in [3.63, 3.8) is 0 Å². The normalized spacial score (nSPS) is 11.7. The van der Waals surface area contributed by atoms with Crippen LogP contribution < -0.4 is 10.5 Å². The van der Waals surface area contributed by atoms with E-state index in [-0.39, 0.29) is 18.6 Å². The van der Waals surface area contributed by atoms with Crippen molar-refractivity contribution < 1.29 is 9.53 Å². The third-order valence-corrected chi connectivity index (χ3v) is 3.43. The van der Waals surface area contributed by atoms with Gasteiger partial charge in [0.25, 0.3) is 5.91 Å². The van der Waals surface area contributed by atoms with Crippen molar-refractivity contribution in [1.82, 2.24) is 9.88 Å². The second kappa shape index (κ2) is 6.74. The van der Waals surface area contributed by atoms with Gasteiger partial charge in [0.05, 0.1) is 11.7 Å². The Morgan fingerprint density at radius 1 is 1.29 bits per heavy atom. The maximum absolute atomic E-state index is 12.2. The molecule has 1 aromatic heterocycles. The third kappa shape index (κ3) is 3.72. The lowest BCUT2D eigenvalue weighted by atomic mass is 10.1. The summed E-state index contributed by atoms with van der Waals surface area (Å²) in [5.74, 6) is 0.415. The van der Waals surface area contributed by atoms with E-state index in [0.29, 0.717) is 11.4 Å². The number of nitrogens with two attached hydrogens (primary N) is 1. The van der Waals surface area contributed by atoms with Crippen molar-refractivity contribution in [3.05, 3.63) is 54.4 Å². The molecular formula is C16H19N3O2. The van der Waals surface area contributed by atoms with E-state index in [1.165, 1.54) is 0 Å². The Labute approximate surface area is 124 Å². The van der Waals surface area contributed by atoms with Crippen LogP contribution in [-0.4, -0.2) is 29.4 Å². The monoisotopic (exact) mass is 285 g/mol. The molecule has 0 aliphatic heterocycles. The third-order valence-electron chi connectivity index (χ3n) is 3.43. The van der Waals surface area contributed by atoms with Crippen LogP contribution >= 0.6 is 0 Å². The minimum atomic E-state index is -0.109. The highest BCUT2D eigenvalue weighted by Crippen LogP contribution is 2.21. The molecular weight excluding hydrogens is 266 g/mol. The van der Waals surface area contributed by atoms with Crippen molar-refractivity contribution in [2.45, 2.75) is 13.0 Å². The standard InChI is InChI=1S/C16H19N3O2/c1-12(13-7-9-18-10-8-13)19(2)16(20)11-21-15-6-4-3-5-14(15)17/h3-10,12H,11,17H2,1-2H3. The lowest BCUT2D eigenvalue weighted by molar-refractivity contribution is -0.133. The van der Waals surface area contributed by atoms with Gasteiger partial charge in [-0.15, -0.1) is 0 Å². The molecule has 1 atom stereocenters. The molecule has 2 N–H and O–H groups in total. The number of benzene rings is 1. The fourth-order valence-electron chi connectivity index (χ4n) is 1.93. The molecule has 1 heterocycles. The maximum atomic E-state index is 12.2. The smallest absolute Gasteiger partial charge is 0.260 e. The van der Waals surface area contributed by atoms with Gasteiger partial charge in [-0.25, -0.2) is 0 Å². The highest BCUT2D eigenvalue weighted by molar-refractivity contribution is 5.78. The number of hydrogen-bond donors (Lipinski definition) is 1. The molecule has 0 saturated heterocycles.